The summed E-state index contributed by atoms with van der Waals surface area (Å²) in [7, 11) is 0. The molecule has 1 N–H and O–H groups in total. The molecule has 1 amide bonds. The Morgan fingerprint density at radius 3 is 2.78 bits per heavy atom. The average Bonchev–Trinajstić information content (AvgIpc) is 3.21. The molecule has 7 heteroatoms. The molecule has 0 fully saturated rings. The van der Waals surface area contributed by atoms with Gasteiger partial charge >= 0.3 is 0 Å². The van der Waals surface area contributed by atoms with E-state index in [2.05, 4.69) is 10.4 Å². The minimum Gasteiger partial charge on any atom is -0.486 e. The number of rotatable bonds is 6. The largest absolute Gasteiger partial charge is 0.486 e. The first kappa shape index (κ1) is 20.4. The van der Waals surface area contributed by atoms with Crippen LogP contribution in [0.3, 0.4) is 0 Å². The van der Waals surface area contributed by atoms with Gasteiger partial charge in [0, 0.05) is 28.7 Å². The number of halogens is 1. The van der Waals surface area contributed by atoms with Gasteiger partial charge in [-0.05, 0) is 48.4 Å². The number of hydrogen-bond acceptors (Lipinski definition) is 4. The van der Waals surface area contributed by atoms with Crippen molar-refractivity contribution in [3.8, 4) is 11.5 Å². The van der Waals surface area contributed by atoms with Gasteiger partial charge in [0.2, 0.25) is 0 Å². The second kappa shape index (κ2) is 8.93. The number of nitrogens with zero attached hydrogens (tertiary/aromatic N) is 2. The fraction of sp³-hybridized carbons (Fsp3) is 0.200. The fourth-order valence-electron chi connectivity index (χ4n) is 3.79. The van der Waals surface area contributed by atoms with E-state index in [-0.39, 0.29) is 12.0 Å². The topological polar surface area (TPSA) is 65.4 Å². The Bertz CT molecular complexity index is 1270. The molecule has 32 heavy (non-hydrogen) atoms. The minimum absolute atomic E-state index is 0.118. The molecule has 162 valence electrons. The van der Waals surface area contributed by atoms with Crippen molar-refractivity contribution in [3.63, 3.8) is 0 Å². The van der Waals surface area contributed by atoms with Gasteiger partial charge in [-0.15, -0.1) is 0 Å². The highest BCUT2D eigenvalue weighted by Crippen LogP contribution is 2.31. The van der Waals surface area contributed by atoms with E-state index in [1.165, 1.54) is 0 Å². The van der Waals surface area contributed by atoms with Crippen LogP contribution in [-0.2, 0) is 13.0 Å². The van der Waals surface area contributed by atoms with Crippen molar-refractivity contribution < 1.29 is 14.3 Å². The lowest BCUT2D eigenvalue weighted by Crippen LogP contribution is -2.33. The Balaban J connectivity index is 1.22. The molecule has 0 aliphatic carbocycles. The maximum Gasteiger partial charge on any atom is 0.251 e. The molecule has 6 nitrogen and oxygen atoms in total. The number of fused-ring (bicyclic) bond motifs is 2. The SMILES string of the molecule is O=C(NCCc1ccccc1Cl)c1ccc2nn(CC3COc4ccccc4O3)cc2c1. The number of aromatic nitrogens is 2. The molecule has 0 spiro atoms. The minimum atomic E-state index is -0.133. The highest BCUT2D eigenvalue weighted by molar-refractivity contribution is 6.31. The zero-order valence-corrected chi connectivity index (χ0v) is 18.1. The molecule has 1 atom stereocenters. The number of ether oxygens (including phenoxy) is 2. The van der Waals surface area contributed by atoms with Gasteiger partial charge in [-0.2, -0.15) is 5.10 Å². The molecule has 0 saturated heterocycles. The summed E-state index contributed by atoms with van der Waals surface area (Å²) in [6.45, 7) is 1.54. The molecule has 0 radical (unpaired) electrons. The summed E-state index contributed by atoms with van der Waals surface area (Å²) in [5, 5.41) is 9.19. The molecule has 0 saturated carbocycles. The number of para-hydroxylation sites is 2. The Morgan fingerprint density at radius 1 is 1.09 bits per heavy atom. The van der Waals surface area contributed by atoms with Gasteiger partial charge in [0.15, 0.2) is 17.6 Å². The standard InChI is InChI=1S/C25H22ClN3O3/c26-21-6-2-1-5-17(21)11-12-27-25(30)18-9-10-22-19(13-18)14-29(28-22)15-20-16-31-23-7-3-4-8-24(23)32-20/h1-10,13-14,20H,11-12,15-16H2,(H,27,30). The quantitative estimate of drug-likeness (QED) is 0.472. The third-order valence-electron chi connectivity index (χ3n) is 5.41. The van der Waals surface area contributed by atoms with Crippen LogP contribution in [-0.4, -0.2) is 34.9 Å². The van der Waals surface area contributed by atoms with Gasteiger partial charge in [0.05, 0.1) is 12.1 Å². The van der Waals surface area contributed by atoms with Crippen LogP contribution in [0.1, 0.15) is 15.9 Å². The van der Waals surface area contributed by atoms with E-state index in [1.54, 1.807) is 6.07 Å². The maximum atomic E-state index is 12.6. The van der Waals surface area contributed by atoms with Crippen LogP contribution in [0, 0.1) is 0 Å². The number of carbonyl (C=O) groups is 1. The number of nitrogens with one attached hydrogen (secondary N) is 1. The number of carbonyl (C=O) groups excluding carboxylic acids is 1. The zero-order valence-electron chi connectivity index (χ0n) is 17.3. The zero-order chi connectivity index (χ0) is 21.9. The van der Waals surface area contributed by atoms with Crippen LogP contribution >= 0.6 is 11.6 Å². The lowest BCUT2D eigenvalue weighted by Gasteiger charge is -2.26. The van der Waals surface area contributed by atoms with Crippen molar-refractivity contribution in [1.29, 1.82) is 0 Å². The Hall–Kier alpha value is -3.51. The molecule has 4 aromatic rings. The predicted octanol–water partition coefficient (Wildman–Crippen LogP) is 4.50. The Labute approximate surface area is 190 Å². The van der Waals surface area contributed by atoms with Crippen LogP contribution in [0.25, 0.3) is 10.9 Å². The number of benzene rings is 3. The second-order valence-corrected chi connectivity index (χ2v) is 8.13. The summed E-state index contributed by atoms with van der Waals surface area (Å²) in [6, 6.07) is 20.8. The second-order valence-electron chi connectivity index (χ2n) is 7.72. The van der Waals surface area contributed by atoms with E-state index < -0.39 is 0 Å². The molecule has 5 rings (SSSR count). The van der Waals surface area contributed by atoms with Gasteiger partial charge in [0.25, 0.3) is 5.91 Å². The van der Waals surface area contributed by atoms with Gasteiger partial charge in [0.1, 0.15) is 6.61 Å². The van der Waals surface area contributed by atoms with Crippen molar-refractivity contribution in [2.24, 2.45) is 0 Å². The summed E-state index contributed by atoms with van der Waals surface area (Å²) in [6.07, 6.45) is 2.48. The molecule has 2 heterocycles. The number of hydrogen-bond donors (Lipinski definition) is 1. The van der Waals surface area contributed by atoms with Crippen molar-refractivity contribution in [2.45, 2.75) is 19.1 Å². The summed E-state index contributed by atoms with van der Waals surface area (Å²) in [5.74, 6) is 1.39. The molecular weight excluding hydrogens is 426 g/mol. The molecular formula is C25H22ClN3O3. The van der Waals surface area contributed by atoms with E-state index in [0.29, 0.717) is 36.7 Å². The summed E-state index contributed by atoms with van der Waals surface area (Å²) in [5.41, 5.74) is 2.44. The molecule has 0 bridgehead atoms. The van der Waals surface area contributed by atoms with Crippen LogP contribution in [0.5, 0.6) is 11.5 Å². The summed E-state index contributed by atoms with van der Waals surface area (Å²) < 4.78 is 13.6. The van der Waals surface area contributed by atoms with Crippen molar-refractivity contribution in [2.75, 3.05) is 13.2 Å². The fourth-order valence-corrected chi connectivity index (χ4v) is 4.02. The predicted molar refractivity (Wildman–Crippen MR) is 124 cm³/mol. The van der Waals surface area contributed by atoms with E-state index >= 15 is 0 Å². The molecule has 1 unspecified atom stereocenters. The van der Waals surface area contributed by atoms with Crippen LogP contribution in [0.2, 0.25) is 5.02 Å². The smallest absolute Gasteiger partial charge is 0.251 e. The highest BCUT2D eigenvalue weighted by Gasteiger charge is 2.21. The van der Waals surface area contributed by atoms with Crippen molar-refractivity contribution >= 4 is 28.4 Å². The lowest BCUT2D eigenvalue weighted by atomic mass is 10.1. The van der Waals surface area contributed by atoms with E-state index in [9.17, 15) is 4.79 Å². The first-order chi connectivity index (χ1) is 15.7. The monoisotopic (exact) mass is 447 g/mol. The van der Waals surface area contributed by atoms with Gasteiger partial charge < -0.3 is 14.8 Å². The Morgan fingerprint density at radius 2 is 1.91 bits per heavy atom. The average molecular weight is 448 g/mol. The van der Waals surface area contributed by atoms with Gasteiger partial charge in [-0.3, -0.25) is 9.48 Å². The van der Waals surface area contributed by atoms with Crippen molar-refractivity contribution in [3.05, 3.63) is 89.1 Å². The molecule has 3 aromatic carbocycles. The van der Waals surface area contributed by atoms with E-state index in [0.717, 1.165) is 28.0 Å². The molecule has 1 aliphatic heterocycles. The normalized spacial score (nSPS) is 15.0. The Kier molecular flexibility index (Phi) is 5.69. The first-order valence-electron chi connectivity index (χ1n) is 10.5. The highest BCUT2D eigenvalue weighted by atomic mass is 35.5. The first-order valence-corrected chi connectivity index (χ1v) is 10.9. The third kappa shape index (κ3) is 4.41. The van der Waals surface area contributed by atoms with Gasteiger partial charge in [-0.1, -0.05) is 41.9 Å². The maximum absolute atomic E-state index is 12.6. The van der Waals surface area contributed by atoms with Gasteiger partial charge in [-0.25, -0.2) is 0 Å². The van der Waals surface area contributed by atoms with Crippen molar-refractivity contribution in [1.82, 2.24) is 15.1 Å². The van der Waals surface area contributed by atoms with E-state index in [1.807, 2.05) is 71.5 Å². The van der Waals surface area contributed by atoms with E-state index in [4.69, 9.17) is 21.1 Å². The van der Waals surface area contributed by atoms with Crippen LogP contribution in [0.4, 0.5) is 0 Å². The van der Waals surface area contributed by atoms with Crippen LogP contribution < -0.4 is 14.8 Å². The molecule has 1 aliphatic rings. The van der Waals surface area contributed by atoms with Crippen LogP contribution in [0.15, 0.2) is 72.9 Å². The third-order valence-corrected chi connectivity index (χ3v) is 5.78. The molecule has 1 aromatic heterocycles. The summed E-state index contributed by atoms with van der Waals surface area (Å²) >= 11 is 6.18. The number of amides is 1. The summed E-state index contributed by atoms with van der Waals surface area (Å²) in [4.78, 5) is 12.6. The lowest BCUT2D eigenvalue weighted by molar-refractivity contribution is 0.0760.